The van der Waals surface area contributed by atoms with Crippen molar-refractivity contribution in [1.82, 2.24) is 25.3 Å². The third kappa shape index (κ3) is 6.60. The number of aromatic nitrogens is 4. The van der Waals surface area contributed by atoms with Crippen LogP contribution in [0, 0.1) is 13.8 Å². The molecule has 0 radical (unpaired) electrons. The molecule has 12 nitrogen and oxygen atoms in total. The minimum atomic E-state index is -1.89. The lowest BCUT2D eigenvalue weighted by molar-refractivity contribution is -0.150. The summed E-state index contributed by atoms with van der Waals surface area (Å²) in [6.07, 6.45) is 0.876. The monoisotopic (exact) mass is 683 g/mol. The summed E-state index contributed by atoms with van der Waals surface area (Å²) in [6.45, 7) is 13.9. The number of carboxylic acids is 1. The summed E-state index contributed by atoms with van der Waals surface area (Å²) in [7, 11) is 1.15. The molecule has 8 bridgehead atoms. The maximum atomic E-state index is 13.9. The lowest BCUT2D eigenvalue weighted by Gasteiger charge is -2.20. The summed E-state index contributed by atoms with van der Waals surface area (Å²) in [6, 6.07) is 5.79. The van der Waals surface area contributed by atoms with Gasteiger partial charge in [0.25, 0.3) is 5.91 Å². The highest BCUT2D eigenvalue weighted by atomic mass is 16.5. The molecule has 3 unspecified atom stereocenters. The van der Waals surface area contributed by atoms with Gasteiger partial charge < -0.3 is 35.3 Å². The molecule has 264 valence electrons. The molecule has 5 rings (SSSR count). The number of hydrogen-bond donors (Lipinski definition) is 6. The number of carbonyl (C=O) groups excluding carboxylic acids is 2. The maximum absolute atomic E-state index is 13.9. The van der Waals surface area contributed by atoms with Crippen molar-refractivity contribution in [3.8, 4) is 0 Å². The smallest absolute Gasteiger partial charge is 0.339 e. The maximum Gasteiger partial charge on any atom is 0.339 e. The van der Waals surface area contributed by atoms with Crippen LogP contribution in [0.15, 0.2) is 24.8 Å². The first-order chi connectivity index (χ1) is 23.9. The van der Waals surface area contributed by atoms with E-state index in [9.17, 15) is 29.7 Å². The Morgan fingerprint density at radius 1 is 1.06 bits per heavy atom. The standard InChI is InChI=1S/C38H45N5O7/c1-8-22-18(3)25-15-27-20(5)24(11-12-31(45)46)34(42-27)33(36(47)38(49)50-7)35-32(37(48)39-13-10-14-44)21(6)28(43-35)17-30-23(9-2)19(4)26(41-30)16-29(22)40-25/h8,15-17,20,24,36,40-41,44,47H,1,9-14H2,2-7H3,(H,39,48)(H,45,46). The molecule has 2 aliphatic rings. The van der Waals surface area contributed by atoms with E-state index in [0.717, 1.165) is 51.4 Å². The van der Waals surface area contributed by atoms with Gasteiger partial charge in [-0.2, -0.15) is 0 Å². The topological polar surface area (TPSA) is 191 Å². The van der Waals surface area contributed by atoms with Crippen molar-refractivity contribution in [2.75, 3.05) is 20.3 Å². The first kappa shape index (κ1) is 36.2. The number of carbonyl (C=O) groups is 3. The Bertz CT molecular complexity index is 2070. The average molecular weight is 684 g/mol. The van der Waals surface area contributed by atoms with Crippen LogP contribution in [-0.2, 0) is 25.5 Å². The second-order valence-corrected chi connectivity index (χ2v) is 12.8. The third-order valence-corrected chi connectivity index (χ3v) is 9.88. The van der Waals surface area contributed by atoms with Crippen molar-refractivity contribution in [2.45, 2.75) is 78.2 Å². The molecule has 6 N–H and O–H groups in total. The summed E-state index contributed by atoms with van der Waals surface area (Å²) in [5, 5.41) is 33.6. The van der Waals surface area contributed by atoms with Gasteiger partial charge in [-0.1, -0.05) is 26.5 Å². The minimum absolute atomic E-state index is 0.0206. The van der Waals surface area contributed by atoms with E-state index < -0.39 is 29.9 Å². The number of H-pyrrole nitrogens is 2. The summed E-state index contributed by atoms with van der Waals surface area (Å²) >= 11 is 0. The number of esters is 1. The summed E-state index contributed by atoms with van der Waals surface area (Å²) in [5.41, 5.74) is 9.19. The van der Waals surface area contributed by atoms with E-state index in [4.69, 9.17) is 14.7 Å². The Balaban J connectivity index is 2.03. The number of nitrogens with one attached hydrogen (secondary N) is 3. The zero-order valence-corrected chi connectivity index (χ0v) is 29.4. The average Bonchev–Trinajstić information content (AvgIpc) is 3.76. The molecule has 0 saturated heterocycles. The zero-order valence-electron chi connectivity index (χ0n) is 29.4. The van der Waals surface area contributed by atoms with Gasteiger partial charge in [-0.05, 0) is 80.5 Å². The molecule has 2 aliphatic heterocycles. The first-order valence-corrected chi connectivity index (χ1v) is 16.8. The second-order valence-electron chi connectivity index (χ2n) is 12.8. The molecule has 5 heterocycles. The van der Waals surface area contributed by atoms with Gasteiger partial charge in [0.05, 0.1) is 29.8 Å². The zero-order chi connectivity index (χ0) is 36.4. The Hall–Kier alpha value is -5.07. The number of aliphatic carboxylic acids is 1. The molecular weight excluding hydrogens is 638 g/mol. The number of allylic oxidation sites excluding steroid dienone is 1. The lowest BCUT2D eigenvalue weighted by Crippen LogP contribution is -2.27. The van der Waals surface area contributed by atoms with Crippen LogP contribution < -0.4 is 5.32 Å². The van der Waals surface area contributed by atoms with Crippen LogP contribution in [0.5, 0.6) is 0 Å². The lowest BCUT2D eigenvalue weighted by atomic mass is 9.84. The first-order valence-electron chi connectivity index (χ1n) is 16.8. The number of amides is 1. The van der Waals surface area contributed by atoms with Crippen molar-refractivity contribution >= 4 is 57.1 Å². The van der Waals surface area contributed by atoms with Gasteiger partial charge in [0.2, 0.25) is 0 Å². The van der Waals surface area contributed by atoms with Gasteiger partial charge in [0.1, 0.15) is 0 Å². The van der Waals surface area contributed by atoms with E-state index in [1.807, 2.05) is 39.0 Å². The summed E-state index contributed by atoms with van der Waals surface area (Å²) < 4.78 is 4.99. The molecule has 3 aromatic heterocycles. The van der Waals surface area contributed by atoms with Crippen LogP contribution in [0.4, 0.5) is 0 Å². The Labute approximate surface area is 290 Å². The van der Waals surface area contributed by atoms with Gasteiger partial charge in [0.15, 0.2) is 6.10 Å². The molecular formula is C38H45N5O7. The molecule has 3 aromatic rings. The molecule has 0 aliphatic carbocycles. The van der Waals surface area contributed by atoms with Crippen molar-refractivity contribution in [3.05, 3.63) is 75.4 Å². The molecule has 0 aromatic carbocycles. The predicted molar refractivity (Wildman–Crippen MR) is 192 cm³/mol. The van der Waals surface area contributed by atoms with Crippen molar-refractivity contribution in [2.24, 2.45) is 0 Å². The van der Waals surface area contributed by atoms with Gasteiger partial charge in [-0.25, -0.2) is 9.78 Å². The van der Waals surface area contributed by atoms with Crippen LogP contribution in [0.3, 0.4) is 0 Å². The Kier molecular flexibility index (Phi) is 10.7. The largest absolute Gasteiger partial charge is 0.481 e. The van der Waals surface area contributed by atoms with E-state index >= 15 is 0 Å². The summed E-state index contributed by atoms with van der Waals surface area (Å²) in [4.78, 5) is 55.9. The van der Waals surface area contributed by atoms with Crippen LogP contribution >= 0.6 is 0 Å². The van der Waals surface area contributed by atoms with E-state index in [1.54, 1.807) is 13.0 Å². The number of aliphatic hydroxyl groups excluding tert-OH is 2. The highest BCUT2D eigenvalue weighted by Crippen LogP contribution is 2.45. The number of methoxy groups -OCH3 is 1. The van der Waals surface area contributed by atoms with E-state index in [0.29, 0.717) is 29.8 Å². The van der Waals surface area contributed by atoms with Crippen LogP contribution in [-0.4, -0.2) is 73.4 Å². The van der Waals surface area contributed by atoms with Crippen LogP contribution in [0.25, 0.3) is 39.3 Å². The fraction of sp³-hybridized carbons (Fsp3) is 0.395. The number of fused-ring (bicyclic) bond motifs is 8. The second kappa shape index (κ2) is 14.8. The van der Waals surface area contributed by atoms with Crippen molar-refractivity contribution < 1.29 is 34.4 Å². The molecule has 0 saturated carbocycles. The number of carboxylic acid groups (broad SMARTS) is 1. The number of ether oxygens (including phenoxy) is 1. The Morgan fingerprint density at radius 2 is 1.76 bits per heavy atom. The molecule has 12 heteroatoms. The quantitative estimate of drug-likeness (QED) is 0.112. The highest BCUT2D eigenvalue weighted by molar-refractivity contribution is 6.27. The van der Waals surface area contributed by atoms with E-state index in [-0.39, 0.29) is 54.4 Å². The number of nitrogens with zero attached hydrogens (tertiary/aromatic N) is 2. The van der Waals surface area contributed by atoms with Gasteiger partial charge >= 0.3 is 11.9 Å². The van der Waals surface area contributed by atoms with Crippen LogP contribution in [0.2, 0.25) is 0 Å². The Morgan fingerprint density at radius 3 is 2.40 bits per heavy atom. The van der Waals surface area contributed by atoms with Gasteiger partial charge in [-0.15, -0.1) is 0 Å². The van der Waals surface area contributed by atoms with E-state index in [1.165, 1.54) is 0 Å². The molecule has 1 amide bonds. The number of hydrogen-bond acceptors (Lipinski definition) is 8. The number of aliphatic hydroxyl groups is 2. The normalized spacial score (nSPS) is 16.3. The fourth-order valence-corrected chi connectivity index (χ4v) is 7.03. The van der Waals surface area contributed by atoms with Gasteiger partial charge in [0, 0.05) is 70.3 Å². The van der Waals surface area contributed by atoms with Crippen LogP contribution in [0.1, 0.15) is 109 Å². The number of rotatable bonds is 11. The number of aryl methyl sites for hydroxylation is 3. The van der Waals surface area contributed by atoms with E-state index in [2.05, 4.69) is 28.8 Å². The number of aromatic amines is 2. The van der Waals surface area contributed by atoms with Gasteiger partial charge in [-0.3, -0.25) is 14.6 Å². The fourth-order valence-electron chi connectivity index (χ4n) is 7.03. The third-order valence-electron chi connectivity index (χ3n) is 9.88. The summed E-state index contributed by atoms with van der Waals surface area (Å²) in [5.74, 6) is -3.39. The highest BCUT2D eigenvalue weighted by Gasteiger charge is 2.39. The molecule has 0 fully saturated rings. The SMILES string of the molecule is C=Cc1c(C)c2cc3nc(c(C(O)C(=O)OC)c4nc(cc5[nH]c(cc1[nH]2)c(C)c5CC)C(C)=C4C(=O)NCCCO)C(CCC(=O)O)C3C. The van der Waals surface area contributed by atoms with Crippen molar-refractivity contribution in [3.63, 3.8) is 0 Å². The molecule has 50 heavy (non-hydrogen) atoms. The minimum Gasteiger partial charge on any atom is -0.481 e. The molecule has 3 atom stereocenters. The molecule has 0 spiro atoms. The predicted octanol–water partition coefficient (Wildman–Crippen LogP) is 5.52. The van der Waals surface area contributed by atoms with Crippen molar-refractivity contribution in [1.29, 1.82) is 0 Å².